The summed E-state index contributed by atoms with van der Waals surface area (Å²) in [5, 5.41) is 10.5. The van der Waals surface area contributed by atoms with Gasteiger partial charge >= 0.3 is 0 Å². The minimum absolute atomic E-state index is 0.301. The number of aliphatic hydroxyl groups is 1. The van der Waals surface area contributed by atoms with Crippen molar-refractivity contribution in [2.24, 2.45) is 0 Å². The minimum atomic E-state index is -1.05. The first-order chi connectivity index (χ1) is 9.87. The molecule has 0 saturated heterocycles. The van der Waals surface area contributed by atoms with Crippen LogP contribution in [-0.2, 0) is 6.42 Å². The number of aliphatic hydroxyl groups excluding tert-OH is 1. The molecular formula is C17H16F2O2. The maximum absolute atomic E-state index is 13.3. The summed E-state index contributed by atoms with van der Waals surface area (Å²) >= 11 is 0. The number of fused-ring (bicyclic) bond motifs is 1. The van der Waals surface area contributed by atoms with Crippen LogP contribution in [0.3, 0.4) is 0 Å². The summed E-state index contributed by atoms with van der Waals surface area (Å²) in [6.07, 6.45) is -0.301. The van der Waals surface area contributed by atoms with Crippen molar-refractivity contribution < 1.29 is 18.6 Å². The second kappa shape index (κ2) is 4.81. The highest BCUT2D eigenvalue weighted by atomic mass is 19.2. The fourth-order valence-electron chi connectivity index (χ4n) is 2.72. The third-order valence-corrected chi connectivity index (χ3v) is 3.68. The van der Waals surface area contributed by atoms with Gasteiger partial charge in [-0.25, -0.2) is 8.78 Å². The molecule has 0 bridgehead atoms. The summed E-state index contributed by atoms with van der Waals surface area (Å²) in [5.74, 6) is -1.26. The summed E-state index contributed by atoms with van der Waals surface area (Å²) in [5.41, 5.74) is 1.56. The van der Waals surface area contributed by atoms with Crippen molar-refractivity contribution in [3.8, 4) is 5.75 Å². The molecule has 0 amide bonds. The van der Waals surface area contributed by atoms with E-state index in [9.17, 15) is 13.9 Å². The first-order valence-electron chi connectivity index (χ1n) is 6.81. The Morgan fingerprint density at radius 3 is 2.62 bits per heavy atom. The molecule has 0 radical (unpaired) electrons. The molecular weight excluding hydrogens is 274 g/mol. The maximum atomic E-state index is 13.3. The third kappa shape index (κ3) is 2.51. The van der Waals surface area contributed by atoms with Crippen molar-refractivity contribution in [2.45, 2.75) is 32.0 Å². The Balaban J connectivity index is 2.02. The lowest BCUT2D eigenvalue weighted by Crippen LogP contribution is -2.25. The van der Waals surface area contributed by atoms with Gasteiger partial charge in [-0.15, -0.1) is 0 Å². The van der Waals surface area contributed by atoms with Crippen molar-refractivity contribution >= 4 is 0 Å². The monoisotopic (exact) mass is 290 g/mol. The fraction of sp³-hybridized carbons (Fsp3) is 0.294. The number of para-hydroxylation sites is 1. The molecule has 1 heterocycles. The molecule has 1 atom stereocenters. The molecule has 21 heavy (non-hydrogen) atoms. The molecule has 2 aromatic carbocycles. The summed E-state index contributed by atoms with van der Waals surface area (Å²) in [7, 11) is 0. The standard InChI is InChI=1S/C17H16F2O2/c1-17(2)9-11-4-3-5-12(16(11)21-17)15(20)10-6-7-13(18)14(19)8-10/h3-8,15,20H,9H2,1-2H3. The minimum Gasteiger partial charge on any atom is -0.487 e. The van der Waals surface area contributed by atoms with E-state index in [1.54, 1.807) is 6.07 Å². The Labute approximate surface area is 122 Å². The van der Waals surface area contributed by atoms with Gasteiger partial charge < -0.3 is 9.84 Å². The van der Waals surface area contributed by atoms with Crippen LogP contribution in [0.15, 0.2) is 36.4 Å². The van der Waals surface area contributed by atoms with E-state index in [1.165, 1.54) is 6.07 Å². The van der Waals surface area contributed by atoms with Crippen molar-refractivity contribution in [2.75, 3.05) is 0 Å². The number of rotatable bonds is 2. The molecule has 1 aliphatic heterocycles. The molecule has 1 unspecified atom stereocenters. The average Bonchev–Trinajstić information content (AvgIpc) is 2.74. The summed E-state index contributed by atoms with van der Waals surface area (Å²) < 4.78 is 32.2. The zero-order chi connectivity index (χ0) is 15.2. The quantitative estimate of drug-likeness (QED) is 0.912. The van der Waals surface area contributed by atoms with E-state index in [-0.39, 0.29) is 5.60 Å². The molecule has 0 spiro atoms. The van der Waals surface area contributed by atoms with Crippen LogP contribution < -0.4 is 4.74 Å². The van der Waals surface area contributed by atoms with Gasteiger partial charge in [0.1, 0.15) is 17.5 Å². The Morgan fingerprint density at radius 1 is 1.14 bits per heavy atom. The Hall–Kier alpha value is -1.94. The Morgan fingerprint density at radius 2 is 1.90 bits per heavy atom. The van der Waals surface area contributed by atoms with Gasteiger partial charge in [-0.3, -0.25) is 0 Å². The van der Waals surface area contributed by atoms with Gasteiger partial charge in [0.15, 0.2) is 11.6 Å². The van der Waals surface area contributed by atoms with Crippen LogP contribution >= 0.6 is 0 Å². The van der Waals surface area contributed by atoms with Gasteiger partial charge in [0.2, 0.25) is 0 Å². The van der Waals surface area contributed by atoms with E-state index < -0.39 is 17.7 Å². The van der Waals surface area contributed by atoms with Gasteiger partial charge in [-0.05, 0) is 37.1 Å². The van der Waals surface area contributed by atoms with Crippen LogP contribution in [0.25, 0.3) is 0 Å². The molecule has 1 N–H and O–H groups in total. The highest BCUT2D eigenvalue weighted by molar-refractivity contribution is 5.49. The Bertz CT molecular complexity index is 695. The lowest BCUT2D eigenvalue weighted by Gasteiger charge is -2.20. The van der Waals surface area contributed by atoms with Gasteiger partial charge in [-0.2, -0.15) is 0 Å². The van der Waals surface area contributed by atoms with Crippen molar-refractivity contribution in [3.05, 3.63) is 64.7 Å². The lowest BCUT2D eigenvalue weighted by molar-refractivity contribution is 0.131. The van der Waals surface area contributed by atoms with Crippen molar-refractivity contribution in [3.63, 3.8) is 0 Å². The molecule has 4 heteroatoms. The molecule has 2 nitrogen and oxygen atoms in total. The first-order valence-corrected chi connectivity index (χ1v) is 6.81. The van der Waals surface area contributed by atoms with Crippen LogP contribution in [0.5, 0.6) is 5.75 Å². The molecule has 0 saturated carbocycles. The van der Waals surface area contributed by atoms with Crippen LogP contribution in [0.1, 0.15) is 36.6 Å². The molecule has 0 aromatic heterocycles. The largest absolute Gasteiger partial charge is 0.487 e. The highest BCUT2D eigenvalue weighted by Crippen LogP contribution is 2.41. The second-order valence-electron chi connectivity index (χ2n) is 5.95. The molecule has 0 fully saturated rings. The zero-order valence-corrected chi connectivity index (χ0v) is 11.9. The van der Waals surface area contributed by atoms with E-state index in [0.717, 1.165) is 24.1 Å². The van der Waals surface area contributed by atoms with E-state index in [4.69, 9.17) is 4.74 Å². The number of ether oxygens (including phenoxy) is 1. The normalized spacial score (nSPS) is 17.2. The summed E-state index contributed by atoms with van der Waals surface area (Å²) in [6, 6.07) is 8.93. The summed E-state index contributed by atoms with van der Waals surface area (Å²) in [4.78, 5) is 0. The van der Waals surface area contributed by atoms with Crippen LogP contribution in [0, 0.1) is 11.6 Å². The van der Waals surface area contributed by atoms with Crippen LogP contribution in [0.2, 0.25) is 0 Å². The summed E-state index contributed by atoms with van der Waals surface area (Å²) in [6.45, 7) is 3.95. The van der Waals surface area contributed by atoms with Gasteiger partial charge in [0, 0.05) is 12.0 Å². The Kier molecular flexibility index (Phi) is 3.21. The van der Waals surface area contributed by atoms with Crippen LogP contribution in [-0.4, -0.2) is 10.7 Å². The van der Waals surface area contributed by atoms with Crippen molar-refractivity contribution in [1.29, 1.82) is 0 Å². The molecule has 2 aromatic rings. The lowest BCUT2D eigenvalue weighted by atomic mass is 9.96. The molecule has 0 aliphatic carbocycles. The number of hydrogen-bond acceptors (Lipinski definition) is 2. The zero-order valence-electron chi connectivity index (χ0n) is 11.9. The topological polar surface area (TPSA) is 29.5 Å². The van der Waals surface area contributed by atoms with Crippen molar-refractivity contribution in [1.82, 2.24) is 0 Å². The fourth-order valence-corrected chi connectivity index (χ4v) is 2.72. The SMILES string of the molecule is CC1(C)Cc2cccc(C(O)c3ccc(F)c(F)c3)c2O1. The predicted molar refractivity (Wildman–Crippen MR) is 75.3 cm³/mol. The van der Waals surface area contributed by atoms with E-state index in [1.807, 2.05) is 26.0 Å². The van der Waals surface area contributed by atoms with E-state index in [0.29, 0.717) is 16.9 Å². The van der Waals surface area contributed by atoms with E-state index >= 15 is 0 Å². The number of halogens is 2. The highest BCUT2D eigenvalue weighted by Gasteiger charge is 2.33. The third-order valence-electron chi connectivity index (χ3n) is 3.68. The molecule has 1 aliphatic rings. The second-order valence-corrected chi connectivity index (χ2v) is 5.95. The van der Waals surface area contributed by atoms with Gasteiger partial charge in [0.25, 0.3) is 0 Å². The number of hydrogen-bond donors (Lipinski definition) is 1. The average molecular weight is 290 g/mol. The smallest absolute Gasteiger partial charge is 0.159 e. The van der Waals surface area contributed by atoms with Crippen LogP contribution in [0.4, 0.5) is 8.78 Å². The number of benzene rings is 2. The maximum Gasteiger partial charge on any atom is 0.159 e. The van der Waals surface area contributed by atoms with Gasteiger partial charge in [0.05, 0.1) is 0 Å². The van der Waals surface area contributed by atoms with Gasteiger partial charge in [-0.1, -0.05) is 24.3 Å². The van der Waals surface area contributed by atoms with E-state index in [2.05, 4.69) is 0 Å². The first kappa shape index (κ1) is 14.0. The molecule has 110 valence electrons. The molecule has 3 rings (SSSR count). The predicted octanol–water partition coefficient (Wildman–Crippen LogP) is 3.76.